The average molecular weight is 279 g/mol. The van der Waals surface area contributed by atoms with E-state index in [0.29, 0.717) is 38.9 Å². The van der Waals surface area contributed by atoms with Gasteiger partial charge in [-0.1, -0.05) is 18.2 Å². The van der Waals surface area contributed by atoms with Crippen molar-refractivity contribution in [1.82, 2.24) is 5.32 Å². The normalized spacial score (nSPS) is 17.6. The van der Waals surface area contributed by atoms with Crippen LogP contribution in [0.15, 0.2) is 24.3 Å². The van der Waals surface area contributed by atoms with E-state index in [2.05, 4.69) is 5.32 Å². The van der Waals surface area contributed by atoms with Crippen LogP contribution in [0.3, 0.4) is 0 Å². The van der Waals surface area contributed by atoms with E-state index in [9.17, 15) is 15.0 Å². The molecule has 0 radical (unpaired) electrons. The number of carbonyl (C=O) groups is 1. The number of aryl methyl sites for hydroxylation is 1. The lowest BCUT2D eigenvalue weighted by Gasteiger charge is -2.32. The molecule has 20 heavy (non-hydrogen) atoms. The first-order valence-corrected chi connectivity index (χ1v) is 6.93. The number of hydrogen-bond acceptors (Lipinski definition) is 4. The predicted octanol–water partition coefficient (Wildman–Crippen LogP) is 0.982. The molecular formula is C15H21NO4. The number of ether oxygens (including phenoxy) is 1. The van der Waals surface area contributed by atoms with Gasteiger partial charge in [0, 0.05) is 39.0 Å². The van der Waals surface area contributed by atoms with Crippen LogP contribution in [0.5, 0.6) is 5.75 Å². The second-order valence-electron chi connectivity index (χ2n) is 5.24. The Bertz CT molecular complexity index is 455. The number of carbonyl (C=O) groups excluding carboxylic acids is 1. The van der Waals surface area contributed by atoms with Crippen LogP contribution >= 0.6 is 0 Å². The molecule has 5 heteroatoms. The lowest BCUT2D eigenvalue weighted by atomic mass is 9.94. The van der Waals surface area contributed by atoms with Gasteiger partial charge >= 0.3 is 0 Å². The van der Waals surface area contributed by atoms with Gasteiger partial charge in [-0.25, -0.2) is 0 Å². The number of hydrogen-bond donors (Lipinski definition) is 3. The fourth-order valence-electron chi connectivity index (χ4n) is 2.25. The van der Waals surface area contributed by atoms with Gasteiger partial charge in [-0.3, -0.25) is 4.79 Å². The Balaban J connectivity index is 1.74. The van der Waals surface area contributed by atoms with Gasteiger partial charge in [0.05, 0.1) is 5.60 Å². The molecule has 0 saturated carbocycles. The number of rotatable bonds is 5. The monoisotopic (exact) mass is 279 g/mol. The summed E-state index contributed by atoms with van der Waals surface area (Å²) in [5.74, 6) is 0.0940. The minimum absolute atomic E-state index is 0.117. The average Bonchev–Trinajstić information content (AvgIpc) is 2.45. The lowest BCUT2D eigenvalue weighted by molar-refractivity contribution is -0.123. The number of para-hydroxylation sites is 1. The van der Waals surface area contributed by atoms with Crippen molar-refractivity contribution in [3.63, 3.8) is 0 Å². The minimum atomic E-state index is -0.844. The van der Waals surface area contributed by atoms with Crippen molar-refractivity contribution in [3.8, 4) is 5.75 Å². The molecule has 1 heterocycles. The van der Waals surface area contributed by atoms with E-state index in [1.807, 2.05) is 6.07 Å². The van der Waals surface area contributed by atoms with Gasteiger partial charge in [-0.2, -0.15) is 0 Å². The van der Waals surface area contributed by atoms with Crippen molar-refractivity contribution in [2.45, 2.75) is 31.3 Å². The molecule has 3 N–H and O–H groups in total. The highest BCUT2D eigenvalue weighted by atomic mass is 16.5. The molecule has 0 aliphatic carbocycles. The van der Waals surface area contributed by atoms with Crippen LogP contribution < -0.4 is 5.32 Å². The number of aromatic hydroxyl groups is 1. The molecule has 1 saturated heterocycles. The number of benzene rings is 1. The van der Waals surface area contributed by atoms with E-state index in [4.69, 9.17) is 4.74 Å². The van der Waals surface area contributed by atoms with Gasteiger partial charge in [-0.05, 0) is 18.1 Å². The first-order valence-electron chi connectivity index (χ1n) is 6.93. The standard InChI is InChI=1S/C15H21NO4/c17-13-4-2-1-3-12(13)5-6-14(18)16-11-15(19)7-9-20-10-8-15/h1-4,17,19H,5-11H2,(H,16,18). The van der Waals surface area contributed by atoms with Gasteiger partial charge < -0.3 is 20.3 Å². The fraction of sp³-hybridized carbons (Fsp3) is 0.533. The summed E-state index contributed by atoms with van der Waals surface area (Å²) < 4.78 is 5.19. The van der Waals surface area contributed by atoms with E-state index in [0.717, 1.165) is 5.56 Å². The Morgan fingerprint density at radius 2 is 2.00 bits per heavy atom. The second-order valence-corrected chi connectivity index (χ2v) is 5.24. The van der Waals surface area contributed by atoms with E-state index in [1.54, 1.807) is 18.2 Å². The summed E-state index contributed by atoms with van der Waals surface area (Å²) in [6.07, 6.45) is 1.88. The zero-order valence-electron chi connectivity index (χ0n) is 11.5. The van der Waals surface area contributed by atoms with Gasteiger partial charge in [0.1, 0.15) is 5.75 Å². The smallest absolute Gasteiger partial charge is 0.220 e. The van der Waals surface area contributed by atoms with Crippen LogP contribution in [0, 0.1) is 0 Å². The van der Waals surface area contributed by atoms with Gasteiger partial charge in [-0.15, -0.1) is 0 Å². The third-order valence-electron chi connectivity index (χ3n) is 3.65. The lowest BCUT2D eigenvalue weighted by Crippen LogP contribution is -2.46. The van der Waals surface area contributed by atoms with Gasteiger partial charge in [0.25, 0.3) is 0 Å². The van der Waals surface area contributed by atoms with Crippen molar-refractivity contribution >= 4 is 5.91 Å². The van der Waals surface area contributed by atoms with Crippen LogP contribution in [0.4, 0.5) is 0 Å². The summed E-state index contributed by atoms with van der Waals surface area (Å²) in [7, 11) is 0. The van der Waals surface area contributed by atoms with Crippen LogP contribution in [-0.2, 0) is 16.0 Å². The molecule has 0 bridgehead atoms. The molecule has 1 aromatic carbocycles. The molecule has 1 amide bonds. The Hall–Kier alpha value is -1.59. The zero-order chi connectivity index (χ0) is 14.4. The maximum atomic E-state index is 11.8. The first kappa shape index (κ1) is 14.8. The van der Waals surface area contributed by atoms with E-state index < -0.39 is 5.60 Å². The molecule has 0 atom stereocenters. The molecule has 2 rings (SSSR count). The fourth-order valence-corrected chi connectivity index (χ4v) is 2.25. The molecule has 0 spiro atoms. The molecule has 1 aliphatic heterocycles. The van der Waals surface area contributed by atoms with Crippen molar-refractivity contribution in [2.75, 3.05) is 19.8 Å². The largest absolute Gasteiger partial charge is 0.508 e. The van der Waals surface area contributed by atoms with Crippen LogP contribution in [0.1, 0.15) is 24.8 Å². The van der Waals surface area contributed by atoms with Gasteiger partial charge in [0.2, 0.25) is 5.91 Å². The minimum Gasteiger partial charge on any atom is -0.508 e. The summed E-state index contributed by atoms with van der Waals surface area (Å²) in [5, 5.41) is 22.6. The number of amides is 1. The Morgan fingerprint density at radius 1 is 1.30 bits per heavy atom. The molecule has 1 aliphatic rings. The second kappa shape index (κ2) is 6.72. The zero-order valence-corrected chi connectivity index (χ0v) is 11.5. The topological polar surface area (TPSA) is 78.8 Å². The third-order valence-corrected chi connectivity index (χ3v) is 3.65. The van der Waals surface area contributed by atoms with Crippen LogP contribution in [0.25, 0.3) is 0 Å². The SMILES string of the molecule is O=C(CCc1ccccc1O)NCC1(O)CCOCC1. The summed E-state index contributed by atoms with van der Waals surface area (Å²) in [4.78, 5) is 11.8. The number of phenolic OH excluding ortho intramolecular Hbond substituents is 1. The highest BCUT2D eigenvalue weighted by Gasteiger charge is 2.29. The molecule has 5 nitrogen and oxygen atoms in total. The van der Waals surface area contributed by atoms with Crippen molar-refractivity contribution in [1.29, 1.82) is 0 Å². The van der Waals surface area contributed by atoms with Crippen molar-refractivity contribution in [3.05, 3.63) is 29.8 Å². The number of phenols is 1. The summed E-state index contributed by atoms with van der Waals surface area (Å²) in [6.45, 7) is 1.32. The maximum Gasteiger partial charge on any atom is 0.220 e. The molecule has 110 valence electrons. The molecule has 0 aromatic heterocycles. The molecule has 0 unspecified atom stereocenters. The van der Waals surface area contributed by atoms with Crippen LogP contribution in [0.2, 0.25) is 0 Å². The van der Waals surface area contributed by atoms with E-state index in [1.165, 1.54) is 0 Å². The Labute approximate surface area is 118 Å². The van der Waals surface area contributed by atoms with E-state index in [-0.39, 0.29) is 18.2 Å². The van der Waals surface area contributed by atoms with Gasteiger partial charge in [0.15, 0.2) is 0 Å². The summed E-state index contributed by atoms with van der Waals surface area (Å²) in [5.41, 5.74) is -0.0876. The molecule has 1 fully saturated rings. The van der Waals surface area contributed by atoms with E-state index >= 15 is 0 Å². The summed E-state index contributed by atoms with van der Waals surface area (Å²) >= 11 is 0. The van der Waals surface area contributed by atoms with Crippen LogP contribution in [-0.4, -0.2) is 41.5 Å². The Morgan fingerprint density at radius 3 is 2.70 bits per heavy atom. The Kier molecular flexibility index (Phi) is 4.98. The molecular weight excluding hydrogens is 258 g/mol. The highest BCUT2D eigenvalue weighted by Crippen LogP contribution is 2.20. The number of aliphatic hydroxyl groups is 1. The number of nitrogens with one attached hydrogen (secondary N) is 1. The third kappa shape index (κ3) is 4.21. The molecule has 1 aromatic rings. The van der Waals surface area contributed by atoms with Crippen molar-refractivity contribution in [2.24, 2.45) is 0 Å². The first-order chi connectivity index (χ1) is 9.59. The predicted molar refractivity (Wildman–Crippen MR) is 74.4 cm³/mol. The van der Waals surface area contributed by atoms with Crippen molar-refractivity contribution < 1.29 is 19.7 Å². The quantitative estimate of drug-likeness (QED) is 0.751. The maximum absolute atomic E-state index is 11.8. The highest BCUT2D eigenvalue weighted by molar-refractivity contribution is 5.76. The summed E-state index contributed by atoms with van der Waals surface area (Å²) in [6, 6.07) is 6.99.